The van der Waals surface area contributed by atoms with Crippen LogP contribution in [0.3, 0.4) is 0 Å². The van der Waals surface area contributed by atoms with E-state index >= 15 is 0 Å². The fourth-order valence-electron chi connectivity index (χ4n) is 3.92. The van der Waals surface area contributed by atoms with Gasteiger partial charge < -0.3 is 5.32 Å². The Hall–Kier alpha value is -1.12. The average Bonchev–Trinajstić information content (AvgIpc) is 2.21. The maximum absolute atomic E-state index is 13.9. The monoisotopic (exact) mass is 281 g/mol. The van der Waals surface area contributed by atoms with Gasteiger partial charge in [-0.2, -0.15) is 0 Å². The summed E-state index contributed by atoms with van der Waals surface area (Å²) in [4.78, 5) is 0. The number of anilines is 1. The van der Waals surface area contributed by atoms with Crippen LogP contribution in [-0.2, 0) is 0 Å². The summed E-state index contributed by atoms with van der Waals surface area (Å²) in [6.45, 7) is 10.6. The van der Waals surface area contributed by atoms with Crippen molar-refractivity contribution >= 4 is 5.69 Å². The van der Waals surface area contributed by atoms with E-state index in [-0.39, 0.29) is 34.2 Å². The standard InChI is InChI=1S/C17H25F2N/c1-11-6-14(19)15(7-13(11)18)20-12-8-16(2,3)10-17(4,5)9-12/h6-7,12,20H,8-10H2,1-5H3. The summed E-state index contributed by atoms with van der Waals surface area (Å²) in [5.74, 6) is -0.728. The van der Waals surface area contributed by atoms with E-state index in [1.807, 2.05) is 0 Å². The first-order chi connectivity index (χ1) is 9.08. The quantitative estimate of drug-likeness (QED) is 0.776. The molecule has 1 aromatic carbocycles. The van der Waals surface area contributed by atoms with Gasteiger partial charge in [-0.15, -0.1) is 0 Å². The lowest BCUT2D eigenvalue weighted by atomic mass is 9.63. The summed E-state index contributed by atoms with van der Waals surface area (Å²) in [5, 5.41) is 3.21. The summed E-state index contributed by atoms with van der Waals surface area (Å²) >= 11 is 0. The summed E-state index contributed by atoms with van der Waals surface area (Å²) < 4.78 is 27.6. The van der Waals surface area contributed by atoms with Crippen LogP contribution >= 0.6 is 0 Å². The van der Waals surface area contributed by atoms with Gasteiger partial charge in [-0.05, 0) is 48.6 Å². The van der Waals surface area contributed by atoms with Crippen molar-refractivity contribution in [3.8, 4) is 0 Å². The van der Waals surface area contributed by atoms with E-state index < -0.39 is 0 Å². The topological polar surface area (TPSA) is 12.0 Å². The molecule has 1 aliphatic rings. The highest BCUT2D eigenvalue weighted by atomic mass is 19.1. The Morgan fingerprint density at radius 2 is 1.55 bits per heavy atom. The molecule has 1 saturated carbocycles. The second-order valence-electron chi connectivity index (χ2n) is 7.84. The molecule has 0 unspecified atom stereocenters. The first-order valence-corrected chi connectivity index (χ1v) is 7.30. The molecule has 2 rings (SSSR count). The smallest absolute Gasteiger partial charge is 0.146 e. The third-order valence-electron chi connectivity index (χ3n) is 4.16. The first kappa shape index (κ1) is 15.3. The van der Waals surface area contributed by atoms with E-state index in [0.717, 1.165) is 19.3 Å². The lowest BCUT2D eigenvalue weighted by Crippen LogP contribution is -2.40. The minimum atomic E-state index is -0.370. The Balaban J connectivity index is 2.19. The largest absolute Gasteiger partial charge is 0.380 e. The highest BCUT2D eigenvalue weighted by Gasteiger charge is 2.38. The molecule has 0 aromatic heterocycles. The molecule has 1 fully saturated rings. The van der Waals surface area contributed by atoms with Crippen LogP contribution < -0.4 is 5.32 Å². The molecule has 0 bridgehead atoms. The Labute approximate surface area is 120 Å². The van der Waals surface area contributed by atoms with Gasteiger partial charge in [0.1, 0.15) is 11.6 Å². The molecule has 0 amide bonds. The van der Waals surface area contributed by atoms with Crippen LogP contribution in [0.4, 0.5) is 14.5 Å². The number of halogens is 2. The lowest BCUT2D eigenvalue weighted by molar-refractivity contribution is 0.105. The Morgan fingerprint density at radius 3 is 2.10 bits per heavy atom. The highest BCUT2D eigenvalue weighted by Crippen LogP contribution is 2.46. The van der Waals surface area contributed by atoms with Crippen molar-refractivity contribution in [1.29, 1.82) is 0 Å². The molecule has 3 heteroatoms. The van der Waals surface area contributed by atoms with E-state index in [2.05, 4.69) is 33.0 Å². The molecule has 0 atom stereocenters. The summed E-state index contributed by atoms with van der Waals surface area (Å²) in [6, 6.07) is 2.72. The molecule has 1 nitrogen and oxygen atoms in total. The van der Waals surface area contributed by atoms with Gasteiger partial charge in [0, 0.05) is 12.1 Å². The van der Waals surface area contributed by atoms with E-state index in [1.165, 1.54) is 12.1 Å². The minimum absolute atomic E-state index is 0.186. The van der Waals surface area contributed by atoms with Crippen molar-refractivity contribution < 1.29 is 8.78 Å². The van der Waals surface area contributed by atoms with Crippen LogP contribution in [-0.4, -0.2) is 6.04 Å². The van der Waals surface area contributed by atoms with Crippen molar-refractivity contribution in [2.75, 3.05) is 5.32 Å². The average molecular weight is 281 g/mol. The number of aryl methyl sites for hydroxylation is 1. The van der Waals surface area contributed by atoms with Crippen molar-refractivity contribution in [2.45, 2.75) is 59.9 Å². The van der Waals surface area contributed by atoms with Crippen LogP contribution in [0.25, 0.3) is 0 Å². The molecular weight excluding hydrogens is 256 g/mol. The molecule has 112 valence electrons. The zero-order valence-electron chi connectivity index (χ0n) is 13.1. The minimum Gasteiger partial charge on any atom is -0.380 e. The van der Waals surface area contributed by atoms with Gasteiger partial charge in [0.05, 0.1) is 5.69 Å². The van der Waals surface area contributed by atoms with Gasteiger partial charge in [0.2, 0.25) is 0 Å². The van der Waals surface area contributed by atoms with E-state index in [1.54, 1.807) is 6.92 Å². The molecule has 1 aliphatic carbocycles. The number of hydrogen-bond donors (Lipinski definition) is 1. The predicted octanol–water partition coefficient (Wildman–Crippen LogP) is 5.29. The SMILES string of the molecule is Cc1cc(F)c(NC2CC(C)(C)CC(C)(C)C2)cc1F. The maximum Gasteiger partial charge on any atom is 0.146 e. The molecule has 0 aliphatic heterocycles. The van der Waals surface area contributed by atoms with Crippen LogP contribution in [0, 0.1) is 29.4 Å². The third kappa shape index (κ3) is 3.50. The fourth-order valence-corrected chi connectivity index (χ4v) is 3.92. The van der Waals surface area contributed by atoms with Gasteiger partial charge >= 0.3 is 0 Å². The number of rotatable bonds is 2. The van der Waals surface area contributed by atoms with E-state index in [4.69, 9.17) is 0 Å². The van der Waals surface area contributed by atoms with Gasteiger partial charge in [-0.1, -0.05) is 27.7 Å². The van der Waals surface area contributed by atoms with Gasteiger partial charge in [-0.25, -0.2) is 8.78 Å². The molecule has 1 N–H and O–H groups in total. The van der Waals surface area contributed by atoms with Gasteiger partial charge in [0.15, 0.2) is 0 Å². The second kappa shape index (κ2) is 5.01. The number of nitrogens with one attached hydrogen (secondary N) is 1. The van der Waals surface area contributed by atoms with Crippen molar-refractivity contribution in [1.82, 2.24) is 0 Å². The predicted molar refractivity (Wildman–Crippen MR) is 79.9 cm³/mol. The summed E-state index contributed by atoms with van der Waals surface area (Å²) in [5.41, 5.74) is 1.07. The van der Waals surface area contributed by atoms with E-state index in [9.17, 15) is 8.78 Å². The zero-order chi connectivity index (χ0) is 15.1. The van der Waals surface area contributed by atoms with Gasteiger partial charge in [0.25, 0.3) is 0 Å². The highest BCUT2D eigenvalue weighted by molar-refractivity contribution is 5.47. The normalized spacial score (nSPS) is 21.8. The zero-order valence-corrected chi connectivity index (χ0v) is 13.1. The van der Waals surface area contributed by atoms with Crippen molar-refractivity contribution in [2.24, 2.45) is 10.8 Å². The van der Waals surface area contributed by atoms with Crippen LogP contribution in [0.2, 0.25) is 0 Å². The maximum atomic E-state index is 13.9. The summed E-state index contributed by atoms with van der Waals surface area (Å²) in [6.07, 6.45) is 3.11. The second-order valence-corrected chi connectivity index (χ2v) is 7.84. The lowest BCUT2D eigenvalue weighted by Gasteiger charge is -2.45. The van der Waals surface area contributed by atoms with Gasteiger partial charge in [-0.3, -0.25) is 0 Å². The first-order valence-electron chi connectivity index (χ1n) is 7.30. The van der Waals surface area contributed by atoms with Crippen LogP contribution in [0.1, 0.15) is 52.5 Å². The van der Waals surface area contributed by atoms with Crippen LogP contribution in [0.5, 0.6) is 0 Å². The molecule has 0 heterocycles. The number of benzene rings is 1. The molecule has 0 spiro atoms. The Kier molecular flexibility index (Phi) is 3.83. The third-order valence-corrected chi connectivity index (χ3v) is 4.16. The Bertz CT molecular complexity index is 490. The fraction of sp³-hybridized carbons (Fsp3) is 0.647. The summed E-state index contributed by atoms with van der Waals surface area (Å²) in [7, 11) is 0. The molecular formula is C17H25F2N. The van der Waals surface area contributed by atoms with Crippen molar-refractivity contribution in [3.63, 3.8) is 0 Å². The Morgan fingerprint density at radius 1 is 1.00 bits per heavy atom. The molecule has 0 saturated heterocycles. The molecule has 20 heavy (non-hydrogen) atoms. The van der Waals surface area contributed by atoms with Crippen LogP contribution in [0.15, 0.2) is 12.1 Å². The number of hydrogen-bond acceptors (Lipinski definition) is 1. The van der Waals surface area contributed by atoms with Crippen molar-refractivity contribution in [3.05, 3.63) is 29.3 Å². The molecule has 0 radical (unpaired) electrons. The van der Waals surface area contributed by atoms with E-state index in [0.29, 0.717) is 5.56 Å². The molecule has 1 aromatic rings.